The molecule has 1 aliphatic rings. The summed E-state index contributed by atoms with van der Waals surface area (Å²) in [7, 11) is 0. The Morgan fingerprint density at radius 1 is 1.50 bits per heavy atom. The number of hydrogen-bond donors (Lipinski definition) is 1. The van der Waals surface area contributed by atoms with Gasteiger partial charge in [-0.1, -0.05) is 0 Å². The van der Waals surface area contributed by atoms with Crippen molar-refractivity contribution in [3.8, 4) is 0 Å². The number of aromatic nitrogens is 1. The van der Waals surface area contributed by atoms with E-state index in [2.05, 4.69) is 10.3 Å². The highest BCUT2D eigenvalue weighted by Gasteiger charge is 2.14. The minimum Gasteiger partial charge on any atom is -0.378 e. The molecule has 4 nitrogen and oxygen atoms in total. The molecule has 1 aromatic heterocycles. The van der Waals surface area contributed by atoms with Crippen molar-refractivity contribution in [3.63, 3.8) is 0 Å². The Bertz CT molecular complexity index is 401. The highest BCUT2D eigenvalue weighted by atomic mass is 16.5. The molecular weight excluding hydrogens is 228 g/mol. The second-order valence-corrected chi connectivity index (χ2v) is 4.68. The lowest BCUT2D eigenvalue weighted by Crippen LogP contribution is -2.32. The maximum Gasteiger partial charge on any atom is 0.166 e. The largest absolute Gasteiger partial charge is 0.378 e. The highest BCUT2D eigenvalue weighted by molar-refractivity contribution is 5.97. The number of Topliss-reactive ketones (excluding diaryl/α,β-unsaturated/α-hetero) is 1. The van der Waals surface area contributed by atoms with Gasteiger partial charge in [-0.3, -0.25) is 9.78 Å². The first-order valence-corrected chi connectivity index (χ1v) is 6.53. The molecule has 0 spiro atoms. The standard InChI is InChI=1S/C14H20N2O2/c1-11-2-6-16-10-13(11)14(17)5-9-18-12-3-7-15-8-4-12/h2,6,10,12,15H,3-5,7-9H2,1H3. The Morgan fingerprint density at radius 3 is 3.00 bits per heavy atom. The minimum absolute atomic E-state index is 0.120. The molecule has 1 saturated heterocycles. The normalized spacial score (nSPS) is 16.7. The molecule has 0 bridgehead atoms. The molecule has 0 aromatic carbocycles. The van der Waals surface area contributed by atoms with Crippen molar-refractivity contribution in [2.24, 2.45) is 0 Å². The van der Waals surface area contributed by atoms with E-state index < -0.39 is 0 Å². The molecule has 1 fully saturated rings. The van der Waals surface area contributed by atoms with Crippen molar-refractivity contribution in [2.45, 2.75) is 32.3 Å². The highest BCUT2D eigenvalue weighted by Crippen LogP contribution is 2.11. The van der Waals surface area contributed by atoms with E-state index in [0.29, 0.717) is 24.7 Å². The van der Waals surface area contributed by atoms with Crippen LogP contribution in [0.3, 0.4) is 0 Å². The molecule has 0 saturated carbocycles. The topological polar surface area (TPSA) is 51.2 Å². The predicted molar refractivity (Wildman–Crippen MR) is 69.8 cm³/mol. The molecule has 0 atom stereocenters. The van der Waals surface area contributed by atoms with Crippen molar-refractivity contribution >= 4 is 5.78 Å². The second kappa shape index (κ2) is 6.61. The average molecular weight is 248 g/mol. The van der Waals surface area contributed by atoms with Gasteiger partial charge in [0.1, 0.15) is 0 Å². The maximum atomic E-state index is 12.0. The van der Waals surface area contributed by atoms with Gasteiger partial charge in [0.15, 0.2) is 5.78 Å². The van der Waals surface area contributed by atoms with Crippen molar-refractivity contribution in [2.75, 3.05) is 19.7 Å². The Morgan fingerprint density at radius 2 is 2.28 bits per heavy atom. The fraction of sp³-hybridized carbons (Fsp3) is 0.571. The Kier molecular flexibility index (Phi) is 4.84. The number of nitrogens with one attached hydrogen (secondary N) is 1. The average Bonchev–Trinajstić information content (AvgIpc) is 2.40. The number of carbonyl (C=O) groups excluding carboxylic acids is 1. The van der Waals surface area contributed by atoms with Crippen molar-refractivity contribution < 1.29 is 9.53 Å². The second-order valence-electron chi connectivity index (χ2n) is 4.68. The van der Waals surface area contributed by atoms with Gasteiger partial charge in [-0.25, -0.2) is 0 Å². The zero-order valence-corrected chi connectivity index (χ0v) is 10.8. The quantitative estimate of drug-likeness (QED) is 0.806. The summed E-state index contributed by atoms with van der Waals surface area (Å²) in [5.41, 5.74) is 1.70. The molecule has 98 valence electrons. The molecule has 0 aliphatic carbocycles. The van der Waals surface area contributed by atoms with Crippen LogP contribution in [-0.4, -0.2) is 36.6 Å². The zero-order valence-electron chi connectivity index (χ0n) is 10.8. The van der Waals surface area contributed by atoms with E-state index in [1.54, 1.807) is 12.4 Å². The van der Waals surface area contributed by atoms with Crippen molar-refractivity contribution in [3.05, 3.63) is 29.6 Å². The van der Waals surface area contributed by atoms with Gasteiger partial charge in [-0.05, 0) is 44.5 Å². The monoisotopic (exact) mass is 248 g/mol. The Hall–Kier alpha value is -1.26. The number of nitrogens with zero attached hydrogens (tertiary/aromatic N) is 1. The lowest BCUT2D eigenvalue weighted by molar-refractivity contribution is 0.0313. The summed E-state index contributed by atoms with van der Waals surface area (Å²) in [6.45, 7) is 4.47. The molecule has 1 aromatic rings. The number of rotatable bonds is 5. The summed E-state index contributed by atoms with van der Waals surface area (Å²) < 4.78 is 5.73. The number of ketones is 1. The van der Waals surface area contributed by atoms with E-state index in [1.165, 1.54) is 0 Å². The van der Waals surface area contributed by atoms with Crippen LogP contribution in [0.2, 0.25) is 0 Å². The third kappa shape index (κ3) is 3.62. The van der Waals surface area contributed by atoms with Crippen LogP contribution < -0.4 is 5.32 Å². The fourth-order valence-corrected chi connectivity index (χ4v) is 2.17. The molecule has 1 N–H and O–H groups in total. The van der Waals surface area contributed by atoms with Gasteiger partial charge >= 0.3 is 0 Å². The third-order valence-corrected chi connectivity index (χ3v) is 3.31. The summed E-state index contributed by atoms with van der Waals surface area (Å²) in [6, 6.07) is 1.86. The van der Waals surface area contributed by atoms with Crippen LogP contribution in [0.25, 0.3) is 0 Å². The molecule has 4 heteroatoms. The van der Waals surface area contributed by atoms with Gasteiger partial charge in [0, 0.05) is 24.4 Å². The SMILES string of the molecule is Cc1ccncc1C(=O)CCOC1CCNCC1. The van der Waals surface area contributed by atoms with Gasteiger partial charge in [-0.2, -0.15) is 0 Å². The van der Waals surface area contributed by atoms with Crippen LogP contribution in [0, 0.1) is 6.92 Å². The predicted octanol–water partition coefficient (Wildman–Crippen LogP) is 1.73. The smallest absolute Gasteiger partial charge is 0.166 e. The van der Waals surface area contributed by atoms with Crippen molar-refractivity contribution in [1.29, 1.82) is 0 Å². The number of pyridine rings is 1. The number of piperidine rings is 1. The lowest BCUT2D eigenvalue weighted by Gasteiger charge is -2.22. The molecule has 0 unspecified atom stereocenters. The van der Waals surface area contributed by atoms with E-state index in [-0.39, 0.29) is 5.78 Å². The first-order chi connectivity index (χ1) is 8.77. The number of hydrogen-bond acceptors (Lipinski definition) is 4. The van der Waals surface area contributed by atoms with E-state index in [0.717, 1.165) is 31.5 Å². The molecule has 2 rings (SSSR count). The summed E-state index contributed by atoms with van der Waals surface area (Å²) in [4.78, 5) is 16.0. The zero-order chi connectivity index (χ0) is 12.8. The van der Waals surface area contributed by atoms with E-state index >= 15 is 0 Å². The lowest BCUT2D eigenvalue weighted by atomic mass is 10.1. The molecule has 0 radical (unpaired) electrons. The van der Waals surface area contributed by atoms with Gasteiger partial charge < -0.3 is 10.1 Å². The van der Waals surface area contributed by atoms with Crippen LogP contribution in [0.5, 0.6) is 0 Å². The van der Waals surface area contributed by atoms with E-state index in [9.17, 15) is 4.79 Å². The molecule has 18 heavy (non-hydrogen) atoms. The summed E-state index contributed by atoms with van der Waals surface area (Å²) in [5, 5.41) is 3.29. The number of aryl methyl sites for hydroxylation is 1. The van der Waals surface area contributed by atoms with Crippen LogP contribution in [-0.2, 0) is 4.74 Å². The van der Waals surface area contributed by atoms with Crippen LogP contribution in [0.4, 0.5) is 0 Å². The Labute approximate surface area is 108 Å². The van der Waals surface area contributed by atoms with Gasteiger partial charge in [0.2, 0.25) is 0 Å². The third-order valence-electron chi connectivity index (χ3n) is 3.31. The number of ether oxygens (including phenoxy) is 1. The van der Waals surface area contributed by atoms with Gasteiger partial charge in [0.25, 0.3) is 0 Å². The number of carbonyl (C=O) groups is 1. The summed E-state index contributed by atoms with van der Waals surface area (Å²) >= 11 is 0. The van der Waals surface area contributed by atoms with Crippen molar-refractivity contribution in [1.82, 2.24) is 10.3 Å². The van der Waals surface area contributed by atoms with Gasteiger partial charge in [-0.15, -0.1) is 0 Å². The van der Waals surface area contributed by atoms with E-state index in [1.807, 2.05) is 13.0 Å². The van der Waals surface area contributed by atoms with Crippen LogP contribution in [0.1, 0.15) is 35.2 Å². The first kappa shape index (κ1) is 13.2. The summed E-state index contributed by atoms with van der Waals surface area (Å²) in [6.07, 6.45) is 6.19. The van der Waals surface area contributed by atoms with Crippen LogP contribution >= 0.6 is 0 Å². The van der Waals surface area contributed by atoms with Crippen LogP contribution in [0.15, 0.2) is 18.5 Å². The molecule has 0 amide bonds. The maximum absolute atomic E-state index is 12.0. The Balaban J connectivity index is 1.76. The first-order valence-electron chi connectivity index (χ1n) is 6.53. The summed E-state index contributed by atoms with van der Waals surface area (Å²) in [5.74, 6) is 0.120. The molecule has 1 aliphatic heterocycles. The van der Waals surface area contributed by atoms with E-state index in [4.69, 9.17) is 4.74 Å². The fourth-order valence-electron chi connectivity index (χ4n) is 2.17. The minimum atomic E-state index is 0.120. The molecule has 2 heterocycles. The van der Waals surface area contributed by atoms with Gasteiger partial charge in [0.05, 0.1) is 12.7 Å². The molecular formula is C14H20N2O2.